The molecule has 3 heteroatoms. The van der Waals surface area contributed by atoms with Gasteiger partial charge in [-0.25, -0.2) is 0 Å². The number of rotatable bonds is 8. The summed E-state index contributed by atoms with van der Waals surface area (Å²) in [6.07, 6.45) is 3.92. The van der Waals surface area contributed by atoms with Crippen LogP contribution in [0.4, 0.5) is 0 Å². The van der Waals surface area contributed by atoms with Crippen LogP contribution in [0.1, 0.15) is 33.1 Å². The molecule has 1 N–H and O–H groups in total. The molecule has 3 nitrogen and oxygen atoms in total. The molecule has 1 aliphatic rings. The molecular weight excluding hydrogens is 202 g/mol. The summed E-state index contributed by atoms with van der Waals surface area (Å²) in [5.41, 5.74) is 1.18. The van der Waals surface area contributed by atoms with Gasteiger partial charge in [-0.2, -0.15) is 0 Å². The van der Waals surface area contributed by atoms with E-state index in [1.165, 1.54) is 5.57 Å². The third kappa shape index (κ3) is 5.64. The summed E-state index contributed by atoms with van der Waals surface area (Å²) in [4.78, 5) is 0. The lowest BCUT2D eigenvalue weighted by molar-refractivity contribution is -0.0134. The van der Waals surface area contributed by atoms with Crippen molar-refractivity contribution >= 4 is 0 Å². The normalized spacial score (nSPS) is 24.9. The van der Waals surface area contributed by atoms with Crippen LogP contribution in [0.3, 0.4) is 0 Å². The van der Waals surface area contributed by atoms with Crippen LogP contribution in [-0.4, -0.2) is 38.5 Å². The lowest BCUT2D eigenvalue weighted by Gasteiger charge is -2.14. The Kier molecular flexibility index (Phi) is 6.69. The number of likely N-dealkylation sites (N-methyl/N-ethyl adjacent to an activating group) is 1. The van der Waals surface area contributed by atoms with Gasteiger partial charge in [0, 0.05) is 6.54 Å². The summed E-state index contributed by atoms with van der Waals surface area (Å²) in [6, 6.07) is 0. The molecule has 1 fully saturated rings. The number of hydrogen-bond donors (Lipinski definition) is 1. The molecule has 0 spiro atoms. The van der Waals surface area contributed by atoms with Gasteiger partial charge in [-0.1, -0.05) is 12.5 Å². The van der Waals surface area contributed by atoms with Gasteiger partial charge in [-0.05, 0) is 32.7 Å². The van der Waals surface area contributed by atoms with Crippen LogP contribution in [0, 0.1) is 0 Å². The van der Waals surface area contributed by atoms with Gasteiger partial charge in [0.15, 0.2) is 0 Å². The second kappa shape index (κ2) is 7.82. The molecule has 0 bridgehead atoms. The summed E-state index contributed by atoms with van der Waals surface area (Å²) in [7, 11) is 0. The van der Waals surface area contributed by atoms with Crippen LogP contribution in [0.15, 0.2) is 12.2 Å². The molecule has 1 aliphatic heterocycles. The van der Waals surface area contributed by atoms with E-state index in [1.54, 1.807) is 0 Å². The highest BCUT2D eigenvalue weighted by Crippen LogP contribution is 2.19. The standard InChI is InChI=1S/C13H25NO2/c1-4-14-9-12-5-6-13(16-12)10-15-8-7-11(2)3/h12-14H,2,4-10H2,1,3H3. The fraction of sp³-hybridized carbons (Fsp3) is 0.846. The molecule has 0 radical (unpaired) electrons. The SMILES string of the molecule is C=C(C)CCOCC1CCC(CNCC)O1. The smallest absolute Gasteiger partial charge is 0.0813 e. The number of ether oxygens (including phenoxy) is 2. The Morgan fingerprint density at radius 1 is 1.44 bits per heavy atom. The predicted octanol–water partition coefficient (Wildman–Crippen LogP) is 2.13. The molecule has 0 aromatic carbocycles. The maximum atomic E-state index is 5.86. The van der Waals surface area contributed by atoms with Gasteiger partial charge in [-0.15, -0.1) is 6.58 Å². The van der Waals surface area contributed by atoms with E-state index in [2.05, 4.69) is 18.8 Å². The van der Waals surface area contributed by atoms with E-state index >= 15 is 0 Å². The van der Waals surface area contributed by atoms with Crippen molar-refractivity contribution in [2.24, 2.45) is 0 Å². The molecule has 2 unspecified atom stereocenters. The van der Waals surface area contributed by atoms with Crippen molar-refractivity contribution < 1.29 is 9.47 Å². The summed E-state index contributed by atoms with van der Waals surface area (Å²) in [6.45, 7) is 11.5. The largest absolute Gasteiger partial charge is 0.378 e. The minimum absolute atomic E-state index is 0.300. The quantitative estimate of drug-likeness (QED) is 0.509. The first-order valence-electron chi connectivity index (χ1n) is 6.30. The summed E-state index contributed by atoms with van der Waals surface area (Å²) in [5, 5.41) is 3.32. The van der Waals surface area contributed by atoms with Crippen LogP contribution < -0.4 is 5.32 Å². The average Bonchev–Trinajstić information content (AvgIpc) is 2.69. The van der Waals surface area contributed by atoms with E-state index < -0.39 is 0 Å². The lowest BCUT2D eigenvalue weighted by Crippen LogP contribution is -2.27. The highest BCUT2D eigenvalue weighted by atomic mass is 16.5. The van der Waals surface area contributed by atoms with E-state index in [-0.39, 0.29) is 0 Å². The molecule has 0 amide bonds. The molecule has 1 heterocycles. The van der Waals surface area contributed by atoms with Crippen molar-refractivity contribution in [3.63, 3.8) is 0 Å². The molecular formula is C13H25NO2. The van der Waals surface area contributed by atoms with Crippen LogP contribution >= 0.6 is 0 Å². The first-order valence-corrected chi connectivity index (χ1v) is 6.30. The molecule has 0 saturated carbocycles. The molecule has 0 aliphatic carbocycles. The van der Waals surface area contributed by atoms with Crippen molar-refractivity contribution in [3.8, 4) is 0 Å². The highest BCUT2D eigenvalue weighted by molar-refractivity contribution is 4.87. The Bertz CT molecular complexity index is 206. The number of nitrogens with one attached hydrogen (secondary N) is 1. The molecule has 2 atom stereocenters. The minimum atomic E-state index is 0.300. The highest BCUT2D eigenvalue weighted by Gasteiger charge is 2.24. The molecule has 1 saturated heterocycles. The molecule has 0 aromatic rings. The van der Waals surface area contributed by atoms with E-state index in [1.807, 2.05) is 6.92 Å². The van der Waals surface area contributed by atoms with Gasteiger partial charge in [0.2, 0.25) is 0 Å². The van der Waals surface area contributed by atoms with E-state index in [4.69, 9.17) is 9.47 Å². The summed E-state index contributed by atoms with van der Waals surface area (Å²) >= 11 is 0. The van der Waals surface area contributed by atoms with E-state index in [0.29, 0.717) is 12.2 Å². The fourth-order valence-electron chi connectivity index (χ4n) is 1.82. The maximum Gasteiger partial charge on any atom is 0.0813 e. The van der Waals surface area contributed by atoms with Crippen molar-refractivity contribution in [3.05, 3.63) is 12.2 Å². The number of hydrogen-bond acceptors (Lipinski definition) is 3. The van der Waals surface area contributed by atoms with Crippen LogP contribution in [0.25, 0.3) is 0 Å². The Balaban J connectivity index is 2.00. The van der Waals surface area contributed by atoms with Crippen molar-refractivity contribution in [2.45, 2.75) is 45.3 Å². The van der Waals surface area contributed by atoms with Gasteiger partial charge in [0.25, 0.3) is 0 Å². The van der Waals surface area contributed by atoms with Crippen LogP contribution in [0.5, 0.6) is 0 Å². The zero-order chi connectivity index (χ0) is 11.8. The van der Waals surface area contributed by atoms with Crippen molar-refractivity contribution in [1.82, 2.24) is 5.32 Å². The van der Waals surface area contributed by atoms with Gasteiger partial charge < -0.3 is 14.8 Å². The van der Waals surface area contributed by atoms with Crippen LogP contribution in [0.2, 0.25) is 0 Å². The molecule has 94 valence electrons. The first kappa shape index (κ1) is 13.7. The monoisotopic (exact) mass is 227 g/mol. The molecule has 16 heavy (non-hydrogen) atoms. The third-order valence-electron chi connectivity index (χ3n) is 2.79. The average molecular weight is 227 g/mol. The Hall–Kier alpha value is -0.380. The van der Waals surface area contributed by atoms with Crippen molar-refractivity contribution in [1.29, 1.82) is 0 Å². The first-order chi connectivity index (χ1) is 7.72. The minimum Gasteiger partial charge on any atom is -0.378 e. The fourth-order valence-corrected chi connectivity index (χ4v) is 1.82. The molecule has 0 aromatic heterocycles. The zero-order valence-electron chi connectivity index (χ0n) is 10.6. The lowest BCUT2D eigenvalue weighted by atomic mass is 10.2. The maximum absolute atomic E-state index is 5.86. The third-order valence-corrected chi connectivity index (χ3v) is 2.79. The Morgan fingerprint density at radius 2 is 2.19 bits per heavy atom. The van der Waals surface area contributed by atoms with E-state index in [0.717, 1.165) is 45.6 Å². The summed E-state index contributed by atoms with van der Waals surface area (Å²) in [5.74, 6) is 0. The topological polar surface area (TPSA) is 30.5 Å². The summed E-state index contributed by atoms with van der Waals surface area (Å²) < 4.78 is 11.4. The molecule has 1 rings (SSSR count). The predicted molar refractivity (Wildman–Crippen MR) is 66.7 cm³/mol. The van der Waals surface area contributed by atoms with Crippen molar-refractivity contribution in [2.75, 3.05) is 26.3 Å². The second-order valence-electron chi connectivity index (χ2n) is 4.55. The van der Waals surface area contributed by atoms with Gasteiger partial charge in [-0.3, -0.25) is 0 Å². The second-order valence-corrected chi connectivity index (χ2v) is 4.55. The Morgan fingerprint density at radius 3 is 2.88 bits per heavy atom. The van der Waals surface area contributed by atoms with Gasteiger partial charge >= 0.3 is 0 Å². The van der Waals surface area contributed by atoms with Crippen LogP contribution in [-0.2, 0) is 9.47 Å². The Labute approximate surface area is 99.2 Å². The van der Waals surface area contributed by atoms with E-state index in [9.17, 15) is 0 Å². The zero-order valence-corrected chi connectivity index (χ0v) is 10.6. The van der Waals surface area contributed by atoms with Gasteiger partial charge in [0.1, 0.15) is 0 Å². The van der Waals surface area contributed by atoms with Gasteiger partial charge in [0.05, 0.1) is 25.4 Å².